The number of hydrogen-bond donors (Lipinski definition) is 1. The Bertz CT molecular complexity index is 1780. The molecule has 3 aliphatic rings. The van der Waals surface area contributed by atoms with Crippen molar-refractivity contribution in [2.24, 2.45) is 0 Å². The molecule has 2 bridgehead atoms. The van der Waals surface area contributed by atoms with Crippen LogP contribution in [0.3, 0.4) is 0 Å². The molecule has 4 unspecified atom stereocenters. The predicted molar refractivity (Wildman–Crippen MR) is 140 cm³/mol. The molecule has 5 heterocycles. The lowest BCUT2D eigenvalue weighted by molar-refractivity contribution is -0.256. The Morgan fingerprint density at radius 2 is 1.72 bits per heavy atom. The van der Waals surface area contributed by atoms with Crippen LogP contribution in [0.25, 0.3) is 43.6 Å². The molecular weight excluding hydrogens is 452 g/mol. The highest BCUT2D eigenvalue weighted by molar-refractivity contribution is 6.30. The second kappa shape index (κ2) is 6.68. The first-order chi connectivity index (χ1) is 17.5. The lowest BCUT2D eigenvalue weighted by Crippen LogP contribution is -2.59. The molecule has 1 N–H and O–H groups in total. The van der Waals surface area contributed by atoms with Crippen molar-refractivity contribution < 1.29 is 14.3 Å². The number of carbonyl (C=O) groups excluding carboxylic acids is 1. The van der Waals surface area contributed by atoms with E-state index in [1.54, 1.807) is 7.11 Å². The topological polar surface area (TPSA) is 60.7 Å². The first kappa shape index (κ1) is 20.8. The highest BCUT2D eigenvalue weighted by atomic mass is 16.6. The molecule has 1 fully saturated rings. The van der Waals surface area contributed by atoms with Gasteiger partial charge in [0.25, 0.3) is 5.91 Å². The number of likely N-dealkylation sites (N-methyl/N-ethyl adjacent to an activating group) is 1. The molecule has 1 amide bonds. The van der Waals surface area contributed by atoms with Gasteiger partial charge in [-0.05, 0) is 31.7 Å². The molecule has 3 aliphatic heterocycles. The molecule has 3 aromatic carbocycles. The number of methoxy groups -OCH3 is 1. The van der Waals surface area contributed by atoms with Crippen molar-refractivity contribution in [2.45, 2.75) is 44.0 Å². The number of aromatic nitrogens is 2. The first-order valence-corrected chi connectivity index (χ1v) is 12.6. The SMILES string of the molecule is CNC1CC2OC(C)(C1OC)n1c3ccccc3c3c4c(c5c6ccccc6n2c5c31)C(=O)N(C)C4. The Balaban J connectivity index is 1.72. The van der Waals surface area contributed by atoms with Crippen LogP contribution in [0.4, 0.5) is 0 Å². The zero-order chi connectivity index (χ0) is 24.5. The minimum Gasteiger partial charge on any atom is -0.375 e. The van der Waals surface area contributed by atoms with Gasteiger partial charge in [0.05, 0.1) is 27.6 Å². The number of benzene rings is 3. The fourth-order valence-electron chi connectivity index (χ4n) is 7.54. The summed E-state index contributed by atoms with van der Waals surface area (Å²) in [5, 5.41) is 7.98. The first-order valence-electron chi connectivity index (χ1n) is 12.6. The van der Waals surface area contributed by atoms with E-state index < -0.39 is 5.72 Å². The second-order valence-corrected chi connectivity index (χ2v) is 10.6. The van der Waals surface area contributed by atoms with Crippen LogP contribution in [0.2, 0.25) is 0 Å². The molecule has 0 spiro atoms. The van der Waals surface area contributed by atoms with Gasteiger partial charge < -0.3 is 28.8 Å². The number of hydrogen-bond acceptors (Lipinski definition) is 4. The maximum absolute atomic E-state index is 13.7. The third-order valence-corrected chi connectivity index (χ3v) is 8.90. The van der Waals surface area contributed by atoms with Crippen LogP contribution in [0, 0.1) is 0 Å². The second-order valence-electron chi connectivity index (χ2n) is 10.6. The van der Waals surface area contributed by atoms with E-state index in [9.17, 15) is 4.79 Å². The van der Waals surface area contributed by atoms with Gasteiger partial charge in [0, 0.05) is 54.7 Å². The number of ether oxygens (including phenoxy) is 2. The molecule has 0 saturated carbocycles. The number of rotatable bonds is 2. The minimum absolute atomic E-state index is 0.0834. The molecule has 36 heavy (non-hydrogen) atoms. The van der Waals surface area contributed by atoms with Crippen LogP contribution < -0.4 is 5.32 Å². The molecule has 5 aromatic rings. The summed E-state index contributed by atoms with van der Waals surface area (Å²) in [6.45, 7) is 2.76. The van der Waals surface area contributed by atoms with Crippen LogP contribution in [-0.2, 0) is 21.7 Å². The van der Waals surface area contributed by atoms with E-state index >= 15 is 0 Å². The summed E-state index contributed by atoms with van der Waals surface area (Å²) >= 11 is 0. The molecule has 7 heteroatoms. The Labute approximate surface area is 208 Å². The molecule has 8 rings (SSSR count). The number of amides is 1. The zero-order valence-corrected chi connectivity index (χ0v) is 20.8. The summed E-state index contributed by atoms with van der Waals surface area (Å²) < 4.78 is 18.0. The van der Waals surface area contributed by atoms with Gasteiger partial charge in [-0.2, -0.15) is 0 Å². The van der Waals surface area contributed by atoms with E-state index in [1.165, 1.54) is 0 Å². The Kier molecular flexibility index (Phi) is 3.85. The van der Waals surface area contributed by atoms with Crippen molar-refractivity contribution in [1.29, 1.82) is 0 Å². The summed E-state index contributed by atoms with van der Waals surface area (Å²) in [5.74, 6) is 0.0915. The molecule has 1 saturated heterocycles. The van der Waals surface area contributed by atoms with Crippen molar-refractivity contribution in [2.75, 3.05) is 21.2 Å². The van der Waals surface area contributed by atoms with E-state index in [0.29, 0.717) is 6.54 Å². The highest BCUT2D eigenvalue weighted by Crippen LogP contribution is 2.54. The molecule has 7 nitrogen and oxygen atoms in total. The number of carbonyl (C=O) groups is 1. The van der Waals surface area contributed by atoms with Crippen LogP contribution in [-0.4, -0.2) is 53.3 Å². The third kappa shape index (κ3) is 2.15. The lowest BCUT2D eigenvalue weighted by atomic mass is 9.93. The number of nitrogens with zero attached hydrogens (tertiary/aromatic N) is 3. The Morgan fingerprint density at radius 3 is 2.44 bits per heavy atom. The van der Waals surface area contributed by atoms with Gasteiger partial charge in [-0.1, -0.05) is 36.4 Å². The summed E-state index contributed by atoms with van der Waals surface area (Å²) in [5.41, 5.74) is 5.61. The summed E-state index contributed by atoms with van der Waals surface area (Å²) in [4.78, 5) is 15.5. The van der Waals surface area contributed by atoms with E-state index in [1.807, 2.05) is 19.0 Å². The average Bonchev–Trinajstić information content (AvgIpc) is 3.49. The van der Waals surface area contributed by atoms with Crippen LogP contribution >= 0.6 is 0 Å². The van der Waals surface area contributed by atoms with Gasteiger partial charge in [-0.15, -0.1) is 0 Å². The van der Waals surface area contributed by atoms with Gasteiger partial charge >= 0.3 is 0 Å². The van der Waals surface area contributed by atoms with E-state index in [-0.39, 0.29) is 24.3 Å². The van der Waals surface area contributed by atoms with Crippen LogP contribution in [0.1, 0.15) is 35.5 Å². The van der Waals surface area contributed by atoms with Crippen LogP contribution in [0.5, 0.6) is 0 Å². The van der Waals surface area contributed by atoms with E-state index in [0.717, 1.165) is 61.2 Å². The van der Waals surface area contributed by atoms with Gasteiger partial charge in [0.2, 0.25) is 0 Å². The molecule has 0 radical (unpaired) electrons. The Hall–Kier alpha value is -3.39. The minimum atomic E-state index is -0.761. The maximum atomic E-state index is 13.7. The van der Waals surface area contributed by atoms with E-state index in [4.69, 9.17) is 9.47 Å². The zero-order valence-electron chi connectivity index (χ0n) is 20.8. The fourth-order valence-corrected chi connectivity index (χ4v) is 7.54. The summed E-state index contributed by atoms with van der Waals surface area (Å²) in [6.07, 6.45) is 0.338. The highest BCUT2D eigenvalue weighted by Gasteiger charge is 2.53. The summed E-state index contributed by atoms with van der Waals surface area (Å²) in [6, 6.07) is 17.1. The van der Waals surface area contributed by atoms with Gasteiger partial charge in [-0.25, -0.2) is 0 Å². The van der Waals surface area contributed by atoms with Crippen molar-refractivity contribution in [3.63, 3.8) is 0 Å². The largest absolute Gasteiger partial charge is 0.375 e. The van der Waals surface area contributed by atoms with Crippen molar-refractivity contribution >= 4 is 49.5 Å². The molecule has 2 aromatic heterocycles. The number of nitrogens with one attached hydrogen (secondary N) is 1. The van der Waals surface area contributed by atoms with Crippen molar-refractivity contribution in [3.05, 3.63) is 59.7 Å². The quantitative estimate of drug-likeness (QED) is 0.398. The lowest BCUT2D eigenvalue weighted by Gasteiger charge is -2.48. The standard InChI is InChI=1S/C29H28N4O3/c1-29-27(35-4)18(30-2)13-21(36-29)32-19-11-7-5-9-15(19)23-24-17(14-31(3)28(24)34)22-16-10-6-8-12-20(16)33(29)26(22)25(23)32/h5-12,18,21,27,30H,13-14H2,1-4H3. The Morgan fingerprint density at radius 1 is 1.03 bits per heavy atom. The van der Waals surface area contributed by atoms with Gasteiger partial charge in [-0.3, -0.25) is 4.79 Å². The van der Waals surface area contributed by atoms with E-state index in [2.05, 4.69) is 69.9 Å². The van der Waals surface area contributed by atoms with Crippen molar-refractivity contribution in [3.8, 4) is 0 Å². The smallest absolute Gasteiger partial charge is 0.254 e. The third-order valence-electron chi connectivity index (χ3n) is 8.90. The fraction of sp³-hybridized carbons (Fsp3) is 0.345. The normalized spacial score (nSPS) is 27.2. The summed E-state index contributed by atoms with van der Waals surface area (Å²) in [7, 11) is 5.68. The average molecular weight is 481 g/mol. The molecule has 182 valence electrons. The molecule has 0 aliphatic carbocycles. The predicted octanol–water partition coefficient (Wildman–Crippen LogP) is 4.70. The number of para-hydroxylation sites is 2. The molecular formula is C29H28N4O3. The molecule has 4 atom stereocenters. The number of fused-ring (bicyclic) bond motifs is 13. The van der Waals surface area contributed by atoms with Gasteiger partial charge in [0.15, 0.2) is 5.72 Å². The van der Waals surface area contributed by atoms with Crippen molar-refractivity contribution in [1.82, 2.24) is 19.4 Å². The van der Waals surface area contributed by atoms with Crippen LogP contribution in [0.15, 0.2) is 48.5 Å². The monoisotopic (exact) mass is 480 g/mol. The van der Waals surface area contributed by atoms with Gasteiger partial charge in [0.1, 0.15) is 12.3 Å². The maximum Gasteiger partial charge on any atom is 0.254 e.